The second kappa shape index (κ2) is 18.1. The van der Waals surface area contributed by atoms with Gasteiger partial charge in [-0.1, -0.05) is 63.3 Å². The number of nitrogens with two attached hydrogens (primary N) is 1. The lowest BCUT2D eigenvalue weighted by molar-refractivity contribution is -0.135. The quantitative estimate of drug-likeness (QED) is 0.409. The van der Waals surface area contributed by atoms with Gasteiger partial charge in [0.1, 0.15) is 0 Å². The summed E-state index contributed by atoms with van der Waals surface area (Å²) < 4.78 is 0. The fourth-order valence-electron chi connectivity index (χ4n) is 5.47. The Labute approximate surface area is 236 Å². The van der Waals surface area contributed by atoms with Crippen molar-refractivity contribution in [2.24, 2.45) is 11.7 Å². The van der Waals surface area contributed by atoms with Crippen LogP contribution >= 0.6 is 48.8 Å². The largest absolute Gasteiger partial charge is 0.339 e. The van der Waals surface area contributed by atoms with Crippen LogP contribution in [0.5, 0.6) is 0 Å². The van der Waals surface area contributed by atoms with E-state index in [0.29, 0.717) is 17.5 Å². The summed E-state index contributed by atoms with van der Waals surface area (Å²) in [5.41, 5.74) is 7.36. The zero-order valence-electron chi connectivity index (χ0n) is 21.4. The minimum Gasteiger partial charge on any atom is -0.339 e. The van der Waals surface area contributed by atoms with Gasteiger partial charge < -0.3 is 15.5 Å². The number of hydrogen-bond acceptors (Lipinski definition) is 4. The highest BCUT2D eigenvalue weighted by atomic mass is 35.5. The molecule has 2 fully saturated rings. The van der Waals surface area contributed by atoms with Gasteiger partial charge in [-0.05, 0) is 56.0 Å². The molecule has 5 nitrogen and oxygen atoms in total. The Morgan fingerprint density at radius 1 is 0.971 bits per heavy atom. The lowest BCUT2D eigenvalue weighted by atomic mass is 9.89. The molecule has 204 valence electrons. The van der Waals surface area contributed by atoms with Gasteiger partial charge in [-0.25, -0.2) is 0 Å². The standard InChI is InChI=1S/C26H43ClN4O.3ClH/c1-3-29(4-2)20-25(22-9-7-5-6-8-10-22)30-15-17-31(18-16-30)26(32)24(28)19-21-11-13-23(27)14-12-21;;;/h11-14,22,24-25H,3-10,15-20,28H2,1-2H3;3*1H. The third kappa shape index (κ3) is 10.6. The van der Waals surface area contributed by atoms with Crippen molar-refractivity contribution in [1.29, 1.82) is 0 Å². The van der Waals surface area contributed by atoms with E-state index in [1.807, 2.05) is 29.2 Å². The maximum absolute atomic E-state index is 13.0. The first kappa shape index (κ1) is 34.7. The van der Waals surface area contributed by atoms with E-state index >= 15 is 0 Å². The highest BCUT2D eigenvalue weighted by Gasteiger charge is 2.33. The predicted octanol–water partition coefficient (Wildman–Crippen LogP) is 5.30. The van der Waals surface area contributed by atoms with E-state index in [-0.39, 0.29) is 43.1 Å². The Morgan fingerprint density at radius 3 is 2.03 bits per heavy atom. The lowest BCUT2D eigenvalue weighted by Crippen LogP contribution is -2.58. The van der Waals surface area contributed by atoms with Crippen molar-refractivity contribution in [3.8, 4) is 0 Å². The SMILES string of the molecule is CCN(CC)CC(C1CCCCCC1)N1CCN(C(=O)C(N)Cc2ccc(Cl)cc2)CC1.Cl.Cl.Cl. The van der Waals surface area contributed by atoms with Crippen LogP contribution in [0.2, 0.25) is 5.02 Å². The van der Waals surface area contributed by atoms with Crippen LogP contribution in [0.15, 0.2) is 24.3 Å². The number of piperazine rings is 1. The van der Waals surface area contributed by atoms with Crippen molar-refractivity contribution in [3.63, 3.8) is 0 Å². The van der Waals surface area contributed by atoms with Crippen molar-refractivity contribution >= 4 is 54.7 Å². The van der Waals surface area contributed by atoms with Crippen molar-refractivity contribution < 1.29 is 4.79 Å². The second-order valence-electron chi connectivity index (χ2n) is 9.60. The van der Waals surface area contributed by atoms with Gasteiger partial charge in [-0.2, -0.15) is 0 Å². The van der Waals surface area contributed by atoms with Crippen LogP contribution in [-0.4, -0.2) is 78.5 Å². The molecule has 0 aromatic heterocycles. The fraction of sp³-hybridized carbons (Fsp3) is 0.731. The van der Waals surface area contributed by atoms with Crippen LogP contribution in [0.1, 0.15) is 57.9 Å². The Hall–Kier alpha value is -0.270. The first-order valence-corrected chi connectivity index (χ1v) is 13.1. The number of carbonyl (C=O) groups excluding carboxylic acids is 1. The molecule has 0 spiro atoms. The monoisotopic (exact) mass is 570 g/mol. The Morgan fingerprint density at radius 2 is 1.51 bits per heavy atom. The number of carbonyl (C=O) groups is 1. The van der Waals surface area contributed by atoms with Crippen molar-refractivity contribution in [3.05, 3.63) is 34.9 Å². The topological polar surface area (TPSA) is 52.8 Å². The van der Waals surface area contributed by atoms with Crippen LogP contribution in [-0.2, 0) is 11.2 Å². The summed E-state index contributed by atoms with van der Waals surface area (Å²) in [5.74, 6) is 0.863. The summed E-state index contributed by atoms with van der Waals surface area (Å²) >= 11 is 5.97. The molecule has 2 N–H and O–H groups in total. The Bertz CT molecular complexity index is 689. The van der Waals surface area contributed by atoms with Crippen molar-refractivity contribution in [1.82, 2.24) is 14.7 Å². The van der Waals surface area contributed by atoms with Gasteiger partial charge in [0.2, 0.25) is 5.91 Å². The molecule has 1 saturated carbocycles. The highest BCUT2D eigenvalue weighted by Crippen LogP contribution is 2.29. The molecule has 1 saturated heterocycles. The van der Waals surface area contributed by atoms with E-state index in [1.54, 1.807) is 0 Å². The molecule has 2 unspecified atom stereocenters. The van der Waals surface area contributed by atoms with E-state index in [9.17, 15) is 4.79 Å². The van der Waals surface area contributed by atoms with Crippen LogP contribution in [0.25, 0.3) is 0 Å². The van der Waals surface area contributed by atoms with Crippen molar-refractivity contribution in [2.45, 2.75) is 70.9 Å². The highest BCUT2D eigenvalue weighted by molar-refractivity contribution is 6.30. The maximum Gasteiger partial charge on any atom is 0.239 e. The van der Waals surface area contributed by atoms with Crippen LogP contribution < -0.4 is 5.73 Å². The van der Waals surface area contributed by atoms with E-state index in [1.165, 1.54) is 38.5 Å². The van der Waals surface area contributed by atoms with Gasteiger partial charge in [-0.3, -0.25) is 9.69 Å². The minimum atomic E-state index is -0.490. The second-order valence-corrected chi connectivity index (χ2v) is 10.0. The molecule has 1 aliphatic heterocycles. The predicted molar refractivity (Wildman–Crippen MR) is 156 cm³/mol. The van der Waals surface area contributed by atoms with E-state index in [2.05, 4.69) is 23.6 Å². The molecule has 3 rings (SSSR count). The van der Waals surface area contributed by atoms with Gasteiger partial charge in [0, 0.05) is 43.8 Å². The van der Waals surface area contributed by atoms with E-state index < -0.39 is 6.04 Å². The normalized spacial score (nSPS) is 19.1. The summed E-state index contributed by atoms with van der Waals surface area (Å²) in [6.07, 6.45) is 8.80. The molecule has 1 heterocycles. The molecular formula is C26H46Cl4N4O. The average Bonchev–Trinajstić information content (AvgIpc) is 3.10. The molecule has 2 aliphatic rings. The first-order valence-electron chi connectivity index (χ1n) is 12.8. The van der Waals surface area contributed by atoms with E-state index in [4.69, 9.17) is 17.3 Å². The lowest BCUT2D eigenvalue weighted by Gasteiger charge is -2.44. The van der Waals surface area contributed by atoms with Gasteiger partial charge in [-0.15, -0.1) is 37.2 Å². The van der Waals surface area contributed by atoms with Gasteiger partial charge in [0.05, 0.1) is 6.04 Å². The molecular weight excluding hydrogens is 526 g/mol. The summed E-state index contributed by atoms with van der Waals surface area (Å²) in [6.45, 7) is 11.4. The Balaban J connectivity index is 0.00000385. The third-order valence-corrected chi connectivity index (χ3v) is 7.82. The summed E-state index contributed by atoms with van der Waals surface area (Å²) in [7, 11) is 0. The number of benzene rings is 1. The van der Waals surface area contributed by atoms with Crippen LogP contribution in [0, 0.1) is 5.92 Å². The molecule has 2 atom stereocenters. The van der Waals surface area contributed by atoms with E-state index in [0.717, 1.165) is 57.3 Å². The van der Waals surface area contributed by atoms with Gasteiger partial charge >= 0.3 is 0 Å². The smallest absolute Gasteiger partial charge is 0.239 e. The maximum atomic E-state index is 13.0. The number of halogens is 4. The number of amides is 1. The van der Waals surface area contributed by atoms with Gasteiger partial charge in [0.15, 0.2) is 0 Å². The molecule has 1 aromatic carbocycles. The number of nitrogens with zero attached hydrogens (tertiary/aromatic N) is 3. The zero-order valence-corrected chi connectivity index (χ0v) is 24.6. The summed E-state index contributed by atoms with van der Waals surface area (Å²) in [5, 5.41) is 0.706. The van der Waals surface area contributed by atoms with Crippen LogP contribution in [0.4, 0.5) is 0 Å². The molecule has 9 heteroatoms. The average molecular weight is 572 g/mol. The Kier molecular flexibility index (Phi) is 17.9. The molecule has 0 radical (unpaired) electrons. The number of rotatable bonds is 9. The first-order chi connectivity index (χ1) is 15.5. The fourth-order valence-corrected chi connectivity index (χ4v) is 5.60. The zero-order chi connectivity index (χ0) is 22.9. The van der Waals surface area contributed by atoms with Crippen molar-refractivity contribution in [2.75, 3.05) is 45.8 Å². The third-order valence-electron chi connectivity index (χ3n) is 7.56. The minimum absolute atomic E-state index is 0. The number of likely N-dealkylation sites (N-methyl/N-ethyl adjacent to an activating group) is 1. The van der Waals surface area contributed by atoms with Gasteiger partial charge in [0.25, 0.3) is 0 Å². The molecule has 1 aliphatic carbocycles. The molecule has 1 aromatic rings. The number of hydrogen-bond donors (Lipinski definition) is 1. The molecule has 35 heavy (non-hydrogen) atoms. The molecule has 0 bridgehead atoms. The summed E-state index contributed by atoms with van der Waals surface area (Å²) in [6, 6.07) is 7.74. The molecule has 1 amide bonds. The summed E-state index contributed by atoms with van der Waals surface area (Å²) in [4.78, 5) is 20.3. The van der Waals surface area contributed by atoms with Crippen LogP contribution in [0.3, 0.4) is 0 Å².